The van der Waals surface area contributed by atoms with E-state index in [1.165, 1.54) is 16.1 Å². The van der Waals surface area contributed by atoms with Crippen LogP contribution >= 0.6 is 11.3 Å². The van der Waals surface area contributed by atoms with Crippen molar-refractivity contribution >= 4 is 34.5 Å². The Morgan fingerprint density at radius 3 is 2.59 bits per heavy atom. The van der Waals surface area contributed by atoms with Crippen LogP contribution in [0.3, 0.4) is 0 Å². The Morgan fingerprint density at radius 2 is 1.83 bits per heavy atom. The number of thiophene rings is 1. The number of anilines is 2. The average molecular weight is 406 g/mol. The van der Waals surface area contributed by atoms with Crippen LogP contribution in [-0.2, 0) is 16.0 Å². The normalized spacial score (nSPS) is 13.6. The summed E-state index contributed by atoms with van der Waals surface area (Å²) in [5.41, 5.74) is 4.22. The highest BCUT2D eigenvalue weighted by atomic mass is 32.1. The molecule has 1 atom stereocenters. The average Bonchev–Trinajstić information content (AvgIpc) is 3.40. The van der Waals surface area contributed by atoms with Crippen LogP contribution in [0.1, 0.15) is 22.0 Å². The molecule has 1 aliphatic rings. The molecule has 0 fully saturated rings. The van der Waals surface area contributed by atoms with Gasteiger partial charge in [0.15, 0.2) is 0 Å². The van der Waals surface area contributed by atoms with Gasteiger partial charge in [0, 0.05) is 29.3 Å². The summed E-state index contributed by atoms with van der Waals surface area (Å²) in [6.45, 7) is 3.24. The zero-order valence-corrected chi connectivity index (χ0v) is 17.0. The van der Waals surface area contributed by atoms with Gasteiger partial charge in [0.25, 0.3) is 0 Å². The Hall–Kier alpha value is -3.12. The van der Waals surface area contributed by atoms with Crippen LogP contribution in [0.2, 0.25) is 0 Å². The standard InChI is InChI=1S/C23H23N3O2S/c1-16-8-10-18(11-9-16)25-23(28)22(27)24-15-20(21-7-4-14-29-21)26-13-12-17-5-2-3-6-19(17)26/h2-11,14,20H,12-13,15H2,1H3,(H,24,27)(H,25,28)/t20-/m1/s1. The minimum atomic E-state index is -0.652. The SMILES string of the molecule is Cc1ccc(NC(=O)C(=O)NC[C@H](c2cccs2)N2CCc3ccccc32)cc1. The molecule has 2 aromatic carbocycles. The first kappa shape index (κ1) is 19.2. The molecule has 0 saturated heterocycles. The fraction of sp³-hybridized carbons (Fsp3) is 0.217. The van der Waals surface area contributed by atoms with Crippen LogP contribution in [0.15, 0.2) is 66.0 Å². The van der Waals surface area contributed by atoms with Gasteiger partial charge in [-0.3, -0.25) is 9.59 Å². The molecule has 2 heterocycles. The number of nitrogens with zero attached hydrogens (tertiary/aromatic N) is 1. The summed E-state index contributed by atoms with van der Waals surface area (Å²) in [6, 6.07) is 19.8. The third-order valence-corrected chi connectivity index (χ3v) is 6.12. The lowest BCUT2D eigenvalue weighted by atomic mass is 10.1. The second-order valence-corrected chi connectivity index (χ2v) is 8.11. The van der Waals surface area contributed by atoms with E-state index in [9.17, 15) is 9.59 Å². The fourth-order valence-corrected chi connectivity index (χ4v) is 4.47. The van der Waals surface area contributed by atoms with Gasteiger partial charge in [0.05, 0.1) is 6.04 Å². The molecule has 29 heavy (non-hydrogen) atoms. The smallest absolute Gasteiger partial charge is 0.313 e. The molecule has 2 N–H and O–H groups in total. The number of carbonyl (C=O) groups is 2. The van der Waals surface area contributed by atoms with Gasteiger partial charge in [-0.2, -0.15) is 0 Å². The zero-order chi connectivity index (χ0) is 20.2. The number of carbonyl (C=O) groups excluding carboxylic acids is 2. The molecule has 0 saturated carbocycles. The molecule has 1 aliphatic heterocycles. The highest BCUT2D eigenvalue weighted by molar-refractivity contribution is 7.10. The molecule has 0 bridgehead atoms. The minimum Gasteiger partial charge on any atom is -0.361 e. The number of amides is 2. The van der Waals surface area contributed by atoms with Gasteiger partial charge in [-0.05, 0) is 48.6 Å². The second kappa shape index (κ2) is 8.49. The highest BCUT2D eigenvalue weighted by Crippen LogP contribution is 2.36. The quantitative estimate of drug-likeness (QED) is 0.633. The Morgan fingerprint density at radius 1 is 1.03 bits per heavy atom. The summed E-state index contributed by atoms with van der Waals surface area (Å²) in [5.74, 6) is -1.28. The van der Waals surface area contributed by atoms with Crippen LogP contribution in [0.25, 0.3) is 0 Å². The first-order valence-electron chi connectivity index (χ1n) is 9.65. The number of aryl methyl sites for hydroxylation is 1. The zero-order valence-electron chi connectivity index (χ0n) is 16.2. The summed E-state index contributed by atoms with van der Waals surface area (Å²) in [6.07, 6.45) is 0.986. The van der Waals surface area contributed by atoms with E-state index >= 15 is 0 Å². The Bertz CT molecular complexity index is 999. The van der Waals surface area contributed by atoms with E-state index in [1.54, 1.807) is 23.5 Å². The van der Waals surface area contributed by atoms with E-state index in [0.29, 0.717) is 12.2 Å². The van der Waals surface area contributed by atoms with Gasteiger partial charge < -0.3 is 15.5 Å². The molecule has 0 radical (unpaired) electrons. The molecule has 148 valence electrons. The predicted octanol–water partition coefficient (Wildman–Crippen LogP) is 3.92. The van der Waals surface area contributed by atoms with Crippen molar-refractivity contribution < 1.29 is 9.59 Å². The summed E-state index contributed by atoms with van der Waals surface area (Å²) < 4.78 is 0. The van der Waals surface area contributed by atoms with E-state index in [-0.39, 0.29) is 6.04 Å². The number of para-hydroxylation sites is 1. The van der Waals surface area contributed by atoms with Crippen molar-refractivity contribution in [2.45, 2.75) is 19.4 Å². The van der Waals surface area contributed by atoms with Crippen molar-refractivity contribution in [3.05, 3.63) is 82.0 Å². The molecular weight excluding hydrogens is 382 g/mol. The van der Waals surface area contributed by atoms with Crippen molar-refractivity contribution in [1.29, 1.82) is 0 Å². The summed E-state index contributed by atoms with van der Waals surface area (Å²) in [7, 11) is 0. The molecule has 6 heteroatoms. The molecule has 5 nitrogen and oxygen atoms in total. The molecular formula is C23H23N3O2S. The molecule has 0 unspecified atom stereocenters. The van der Waals surface area contributed by atoms with E-state index in [4.69, 9.17) is 0 Å². The lowest BCUT2D eigenvalue weighted by molar-refractivity contribution is -0.136. The maximum absolute atomic E-state index is 12.4. The molecule has 3 aromatic rings. The number of nitrogens with one attached hydrogen (secondary N) is 2. The van der Waals surface area contributed by atoms with Crippen LogP contribution in [0.4, 0.5) is 11.4 Å². The van der Waals surface area contributed by atoms with Crippen molar-refractivity contribution in [3.63, 3.8) is 0 Å². The topological polar surface area (TPSA) is 61.4 Å². The van der Waals surface area contributed by atoms with Gasteiger partial charge in [0.1, 0.15) is 0 Å². The third-order valence-electron chi connectivity index (χ3n) is 5.14. The second-order valence-electron chi connectivity index (χ2n) is 7.13. The Labute approximate surface area is 174 Å². The van der Waals surface area contributed by atoms with Crippen molar-refractivity contribution in [2.24, 2.45) is 0 Å². The number of hydrogen-bond donors (Lipinski definition) is 2. The van der Waals surface area contributed by atoms with Crippen LogP contribution in [-0.4, -0.2) is 24.9 Å². The number of hydrogen-bond acceptors (Lipinski definition) is 4. The highest BCUT2D eigenvalue weighted by Gasteiger charge is 2.28. The minimum absolute atomic E-state index is 0.00484. The van der Waals surface area contributed by atoms with E-state index in [1.807, 2.05) is 36.6 Å². The Balaban J connectivity index is 1.44. The monoisotopic (exact) mass is 405 g/mol. The van der Waals surface area contributed by atoms with Crippen molar-refractivity contribution in [1.82, 2.24) is 5.32 Å². The maximum Gasteiger partial charge on any atom is 0.313 e. The van der Waals surface area contributed by atoms with Gasteiger partial charge in [-0.15, -0.1) is 11.3 Å². The summed E-state index contributed by atoms with van der Waals surface area (Å²) >= 11 is 1.66. The first-order chi connectivity index (χ1) is 14.1. The summed E-state index contributed by atoms with van der Waals surface area (Å²) in [4.78, 5) is 28.2. The van der Waals surface area contributed by atoms with Crippen molar-refractivity contribution in [3.8, 4) is 0 Å². The molecule has 4 rings (SSSR count). The molecule has 0 spiro atoms. The van der Waals surface area contributed by atoms with Crippen LogP contribution < -0.4 is 15.5 Å². The first-order valence-corrected chi connectivity index (χ1v) is 10.5. The Kier molecular flexibility index (Phi) is 5.62. The van der Waals surface area contributed by atoms with Crippen LogP contribution in [0, 0.1) is 6.92 Å². The van der Waals surface area contributed by atoms with Crippen molar-refractivity contribution in [2.75, 3.05) is 23.3 Å². The third kappa shape index (κ3) is 4.32. The molecule has 2 amide bonds. The lowest BCUT2D eigenvalue weighted by Gasteiger charge is -2.30. The largest absolute Gasteiger partial charge is 0.361 e. The van der Waals surface area contributed by atoms with Gasteiger partial charge in [-0.1, -0.05) is 42.0 Å². The number of rotatable bonds is 5. The predicted molar refractivity (Wildman–Crippen MR) is 117 cm³/mol. The van der Waals surface area contributed by atoms with Crippen LogP contribution in [0.5, 0.6) is 0 Å². The van der Waals surface area contributed by atoms with Gasteiger partial charge >= 0.3 is 11.8 Å². The molecule has 1 aromatic heterocycles. The van der Waals surface area contributed by atoms with Gasteiger partial charge in [0.2, 0.25) is 0 Å². The number of fused-ring (bicyclic) bond motifs is 1. The molecule has 0 aliphatic carbocycles. The van der Waals surface area contributed by atoms with E-state index < -0.39 is 11.8 Å². The van der Waals surface area contributed by atoms with Gasteiger partial charge in [-0.25, -0.2) is 0 Å². The number of benzene rings is 2. The lowest BCUT2D eigenvalue weighted by Crippen LogP contribution is -2.41. The van der Waals surface area contributed by atoms with E-state index in [2.05, 4.69) is 39.8 Å². The fourth-order valence-electron chi connectivity index (χ4n) is 3.63. The summed E-state index contributed by atoms with van der Waals surface area (Å²) in [5, 5.41) is 7.51. The van der Waals surface area contributed by atoms with E-state index in [0.717, 1.165) is 18.5 Å². The maximum atomic E-state index is 12.4.